The van der Waals surface area contributed by atoms with Crippen LogP contribution in [0.2, 0.25) is 0 Å². The summed E-state index contributed by atoms with van der Waals surface area (Å²) in [6, 6.07) is 9.66. The quantitative estimate of drug-likeness (QED) is 0.493. The summed E-state index contributed by atoms with van der Waals surface area (Å²) in [7, 11) is 3.56. The molecule has 0 fully saturated rings. The average Bonchev–Trinajstić information content (AvgIpc) is 2.19. The molecule has 3 radical (unpaired) electrons. The Morgan fingerprint density at radius 2 is 1.77 bits per heavy atom. The zero-order valence-corrected chi connectivity index (χ0v) is 9.34. The SMILES string of the molecule is CCCCCc1ccccc1C[Si]. The number of hydrogen-bond acceptors (Lipinski definition) is 0. The molecule has 0 aliphatic heterocycles. The molecule has 1 heteroatoms. The summed E-state index contributed by atoms with van der Waals surface area (Å²) in [5.41, 5.74) is 2.95. The number of hydrogen-bond donors (Lipinski definition) is 0. The summed E-state index contributed by atoms with van der Waals surface area (Å²) in [6.45, 7) is 2.25. The van der Waals surface area contributed by atoms with E-state index in [0.717, 1.165) is 6.04 Å². The van der Waals surface area contributed by atoms with Crippen molar-refractivity contribution < 1.29 is 0 Å². The standard InChI is InChI=1S/C12H17Si/c1-2-3-4-7-11-8-5-6-9-12(11)10-13/h5-6,8-9H,2-4,7,10H2,1H3. The Bertz CT molecular complexity index is 243. The predicted octanol–water partition coefficient (Wildman–Crippen LogP) is 3.09. The lowest BCUT2D eigenvalue weighted by atomic mass is 10.0. The van der Waals surface area contributed by atoms with Gasteiger partial charge in [0.15, 0.2) is 0 Å². The van der Waals surface area contributed by atoms with Gasteiger partial charge in [-0.25, -0.2) is 0 Å². The zero-order chi connectivity index (χ0) is 9.52. The van der Waals surface area contributed by atoms with Gasteiger partial charge >= 0.3 is 0 Å². The second-order valence-corrected chi connectivity index (χ2v) is 3.76. The van der Waals surface area contributed by atoms with Crippen LogP contribution in [0.5, 0.6) is 0 Å². The Balaban J connectivity index is 2.54. The van der Waals surface area contributed by atoms with E-state index in [1.54, 1.807) is 0 Å². The summed E-state index contributed by atoms with van der Waals surface area (Å²) in [5.74, 6) is 0. The van der Waals surface area contributed by atoms with E-state index >= 15 is 0 Å². The number of benzene rings is 1. The van der Waals surface area contributed by atoms with Crippen LogP contribution in [0.3, 0.4) is 0 Å². The van der Waals surface area contributed by atoms with Crippen LogP contribution in [0.4, 0.5) is 0 Å². The molecule has 0 aromatic heterocycles. The van der Waals surface area contributed by atoms with Gasteiger partial charge in [0.05, 0.1) is 0 Å². The van der Waals surface area contributed by atoms with Crippen molar-refractivity contribution in [2.24, 2.45) is 0 Å². The summed E-state index contributed by atoms with van der Waals surface area (Å²) in [4.78, 5) is 0. The third-order valence-electron chi connectivity index (χ3n) is 2.36. The van der Waals surface area contributed by atoms with E-state index in [0.29, 0.717) is 0 Å². The molecule has 1 aromatic rings. The summed E-state index contributed by atoms with van der Waals surface area (Å²) in [5, 5.41) is 0. The van der Waals surface area contributed by atoms with Crippen molar-refractivity contribution >= 4 is 10.2 Å². The Hall–Kier alpha value is -0.563. The first-order valence-electron chi connectivity index (χ1n) is 5.10. The van der Waals surface area contributed by atoms with Crippen LogP contribution in [0.1, 0.15) is 37.3 Å². The first-order valence-corrected chi connectivity index (χ1v) is 5.80. The Labute approximate surface area is 84.8 Å². The van der Waals surface area contributed by atoms with Crippen molar-refractivity contribution in [3.8, 4) is 0 Å². The van der Waals surface area contributed by atoms with E-state index in [1.165, 1.54) is 36.8 Å². The van der Waals surface area contributed by atoms with Crippen molar-refractivity contribution in [1.82, 2.24) is 0 Å². The fraction of sp³-hybridized carbons (Fsp3) is 0.500. The molecule has 0 bridgehead atoms. The van der Waals surface area contributed by atoms with Gasteiger partial charge in [-0.15, -0.1) is 0 Å². The lowest BCUT2D eigenvalue weighted by Crippen LogP contribution is -1.93. The molecule has 0 spiro atoms. The molecule has 69 valence electrons. The molecule has 0 aliphatic rings. The Morgan fingerprint density at radius 1 is 1.08 bits per heavy atom. The highest BCUT2D eigenvalue weighted by molar-refractivity contribution is 6.08. The minimum Gasteiger partial charge on any atom is -0.0654 e. The first kappa shape index (κ1) is 10.5. The maximum atomic E-state index is 3.56. The number of rotatable bonds is 5. The first-order chi connectivity index (χ1) is 6.38. The van der Waals surface area contributed by atoms with E-state index in [1.807, 2.05) is 0 Å². The third kappa shape index (κ3) is 3.35. The van der Waals surface area contributed by atoms with E-state index in [4.69, 9.17) is 0 Å². The van der Waals surface area contributed by atoms with Gasteiger partial charge in [0.1, 0.15) is 0 Å². The molecule has 0 atom stereocenters. The van der Waals surface area contributed by atoms with Crippen molar-refractivity contribution in [2.75, 3.05) is 0 Å². The highest BCUT2D eigenvalue weighted by Crippen LogP contribution is 2.12. The number of aryl methyl sites for hydroxylation is 1. The molecule has 0 aliphatic carbocycles. The van der Waals surface area contributed by atoms with Gasteiger partial charge in [-0.05, 0) is 30.0 Å². The molecule has 13 heavy (non-hydrogen) atoms. The molecule has 1 rings (SSSR count). The average molecular weight is 189 g/mol. The van der Waals surface area contributed by atoms with Crippen LogP contribution in [-0.4, -0.2) is 10.2 Å². The molecule has 0 N–H and O–H groups in total. The van der Waals surface area contributed by atoms with Crippen LogP contribution in [0, 0.1) is 0 Å². The van der Waals surface area contributed by atoms with E-state index in [2.05, 4.69) is 41.4 Å². The van der Waals surface area contributed by atoms with Crippen molar-refractivity contribution in [3.05, 3.63) is 35.4 Å². The van der Waals surface area contributed by atoms with E-state index in [-0.39, 0.29) is 0 Å². The number of unbranched alkanes of at least 4 members (excludes halogenated alkanes) is 2. The smallest absolute Gasteiger partial charge is 0.0283 e. The Kier molecular flexibility index (Phi) is 4.84. The molecule has 0 saturated heterocycles. The minimum atomic E-state index is 0.975. The van der Waals surface area contributed by atoms with Crippen LogP contribution < -0.4 is 0 Å². The summed E-state index contributed by atoms with van der Waals surface area (Å²) in [6.07, 6.45) is 5.19. The van der Waals surface area contributed by atoms with E-state index in [9.17, 15) is 0 Å². The molecule has 0 unspecified atom stereocenters. The van der Waals surface area contributed by atoms with Crippen molar-refractivity contribution in [1.29, 1.82) is 0 Å². The van der Waals surface area contributed by atoms with Crippen LogP contribution in [0.15, 0.2) is 24.3 Å². The second-order valence-electron chi connectivity index (χ2n) is 3.40. The van der Waals surface area contributed by atoms with Gasteiger partial charge in [0.25, 0.3) is 0 Å². The zero-order valence-electron chi connectivity index (χ0n) is 8.34. The van der Waals surface area contributed by atoms with Gasteiger partial charge in [0.2, 0.25) is 0 Å². The molecule has 0 heterocycles. The highest BCUT2D eigenvalue weighted by Gasteiger charge is 1.98. The molecule has 0 nitrogen and oxygen atoms in total. The van der Waals surface area contributed by atoms with Crippen molar-refractivity contribution in [3.63, 3.8) is 0 Å². The third-order valence-corrected chi connectivity index (χ3v) is 2.74. The maximum Gasteiger partial charge on any atom is 0.0283 e. The molecule has 1 aromatic carbocycles. The van der Waals surface area contributed by atoms with Crippen LogP contribution in [0.25, 0.3) is 0 Å². The van der Waals surface area contributed by atoms with Gasteiger partial charge in [-0.3, -0.25) is 0 Å². The molecule has 0 saturated carbocycles. The van der Waals surface area contributed by atoms with Gasteiger partial charge < -0.3 is 0 Å². The maximum absolute atomic E-state index is 3.56. The summed E-state index contributed by atoms with van der Waals surface area (Å²) < 4.78 is 0. The normalized spacial score (nSPS) is 10.3. The Morgan fingerprint density at radius 3 is 2.38 bits per heavy atom. The fourth-order valence-electron chi connectivity index (χ4n) is 1.54. The van der Waals surface area contributed by atoms with Gasteiger partial charge in [-0.1, -0.05) is 44.0 Å². The molecular weight excluding hydrogens is 172 g/mol. The lowest BCUT2D eigenvalue weighted by molar-refractivity contribution is 0.715. The molecule has 0 amide bonds. The van der Waals surface area contributed by atoms with Gasteiger partial charge in [-0.2, -0.15) is 0 Å². The topological polar surface area (TPSA) is 0 Å². The van der Waals surface area contributed by atoms with Crippen LogP contribution >= 0.6 is 0 Å². The minimum absolute atomic E-state index is 0.975. The molecular formula is C12H17Si. The lowest BCUT2D eigenvalue weighted by Gasteiger charge is -2.06. The van der Waals surface area contributed by atoms with Gasteiger partial charge in [0, 0.05) is 10.2 Å². The van der Waals surface area contributed by atoms with E-state index < -0.39 is 0 Å². The van der Waals surface area contributed by atoms with Crippen molar-refractivity contribution in [2.45, 2.75) is 38.7 Å². The second kappa shape index (κ2) is 5.98. The van der Waals surface area contributed by atoms with Crippen LogP contribution in [-0.2, 0) is 12.5 Å². The monoisotopic (exact) mass is 189 g/mol. The largest absolute Gasteiger partial charge is 0.0654 e. The predicted molar refractivity (Wildman–Crippen MR) is 59.1 cm³/mol. The highest BCUT2D eigenvalue weighted by atomic mass is 28.1. The summed E-state index contributed by atoms with van der Waals surface area (Å²) >= 11 is 0. The fourth-order valence-corrected chi connectivity index (χ4v) is 1.88.